The van der Waals surface area contributed by atoms with Crippen molar-refractivity contribution in [2.24, 2.45) is 0 Å². The van der Waals surface area contributed by atoms with Gasteiger partial charge in [0.2, 0.25) is 0 Å². The number of benzene rings is 2. The average molecular weight is 435 g/mol. The van der Waals surface area contributed by atoms with E-state index < -0.39 is 18.2 Å². The highest BCUT2D eigenvalue weighted by Crippen LogP contribution is 2.23. The number of hydrogen-bond donors (Lipinski definition) is 1. The van der Waals surface area contributed by atoms with E-state index >= 15 is 0 Å². The molecule has 4 rings (SSSR count). The first-order valence-electron chi connectivity index (χ1n) is 10.5. The minimum Gasteiger partial charge on any atom is -0.445 e. The van der Waals surface area contributed by atoms with E-state index in [1.54, 1.807) is 4.90 Å². The number of aromatic nitrogens is 1. The maximum atomic E-state index is 12.8. The largest absolute Gasteiger partial charge is 0.445 e. The van der Waals surface area contributed by atoms with E-state index in [4.69, 9.17) is 14.0 Å². The number of nitrogens with zero attached hydrogens (tertiary/aromatic N) is 2. The lowest BCUT2D eigenvalue weighted by Crippen LogP contribution is -2.45. The van der Waals surface area contributed by atoms with Gasteiger partial charge in [-0.15, -0.1) is 0 Å². The molecule has 3 aromatic rings. The van der Waals surface area contributed by atoms with E-state index in [2.05, 4.69) is 10.5 Å². The van der Waals surface area contributed by atoms with Crippen LogP contribution in [0, 0.1) is 6.92 Å². The van der Waals surface area contributed by atoms with Crippen molar-refractivity contribution in [3.8, 4) is 0 Å². The molecule has 2 aromatic carbocycles. The fourth-order valence-corrected chi connectivity index (χ4v) is 3.59. The number of alkyl carbamates (subject to hydrolysis) is 1. The second-order valence-electron chi connectivity index (χ2n) is 7.70. The van der Waals surface area contributed by atoms with Crippen molar-refractivity contribution in [3.05, 3.63) is 88.8 Å². The molecule has 2 heterocycles. The van der Waals surface area contributed by atoms with Crippen LogP contribution < -0.4 is 5.32 Å². The van der Waals surface area contributed by atoms with Crippen LogP contribution in [0.1, 0.15) is 28.1 Å². The van der Waals surface area contributed by atoms with E-state index in [1.165, 1.54) is 0 Å². The summed E-state index contributed by atoms with van der Waals surface area (Å²) >= 11 is 0. The van der Waals surface area contributed by atoms with Gasteiger partial charge >= 0.3 is 12.2 Å². The molecule has 2 amide bonds. The summed E-state index contributed by atoms with van der Waals surface area (Å²) in [5.41, 5.74) is 3.34. The van der Waals surface area contributed by atoms with E-state index in [0.29, 0.717) is 24.4 Å². The number of rotatable bonds is 5. The highest BCUT2D eigenvalue weighted by atomic mass is 16.6. The van der Waals surface area contributed by atoms with Gasteiger partial charge in [-0.1, -0.05) is 65.8 Å². The van der Waals surface area contributed by atoms with Crippen LogP contribution >= 0.6 is 0 Å². The van der Waals surface area contributed by atoms with Crippen LogP contribution in [-0.2, 0) is 35.7 Å². The third kappa shape index (κ3) is 5.46. The van der Waals surface area contributed by atoms with Crippen LogP contribution in [0.4, 0.5) is 9.59 Å². The molecule has 0 radical (unpaired) electrons. The quantitative estimate of drug-likeness (QED) is 0.652. The zero-order valence-electron chi connectivity index (χ0n) is 17.8. The van der Waals surface area contributed by atoms with Crippen LogP contribution in [0.2, 0.25) is 0 Å². The number of hydrogen-bond acceptors (Lipinski definition) is 6. The predicted octanol–water partition coefficient (Wildman–Crippen LogP) is 3.97. The second kappa shape index (κ2) is 10.00. The summed E-state index contributed by atoms with van der Waals surface area (Å²) in [6, 6.07) is 18.5. The Hall–Kier alpha value is -3.81. The number of carbonyl (C=O) groups is 2. The Balaban J connectivity index is 1.40. The first-order chi connectivity index (χ1) is 15.6. The summed E-state index contributed by atoms with van der Waals surface area (Å²) in [5.74, 6) is 0.647. The first kappa shape index (κ1) is 21.4. The highest BCUT2D eigenvalue weighted by molar-refractivity contribution is 5.69. The molecule has 0 fully saturated rings. The lowest BCUT2D eigenvalue weighted by Gasteiger charge is -2.24. The molecule has 0 spiro atoms. The molecular formula is C24H25N3O5. The van der Waals surface area contributed by atoms with Gasteiger partial charge in [0.25, 0.3) is 0 Å². The minimum absolute atomic E-state index is 0.162. The SMILES string of the molecule is Cc1noc2c1CN(C(=O)OCc1ccccc1)C[C@@H](NC(=O)OCc1ccccc1)C2. The lowest BCUT2D eigenvalue weighted by atomic mass is 10.1. The van der Waals surface area contributed by atoms with Crippen LogP contribution in [0.15, 0.2) is 65.2 Å². The van der Waals surface area contributed by atoms with Gasteiger partial charge in [0.15, 0.2) is 0 Å². The summed E-state index contributed by atoms with van der Waals surface area (Å²) in [5, 5.41) is 6.86. The molecule has 0 saturated heterocycles. The summed E-state index contributed by atoms with van der Waals surface area (Å²) in [7, 11) is 0. The van der Waals surface area contributed by atoms with Crippen LogP contribution in [0.25, 0.3) is 0 Å². The summed E-state index contributed by atoms with van der Waals surface area (Å²) in [6.07, 6.45) is -0.623. The Kier molecular flexibility index (Phi) is 6.69. The van der Waals surface area contributed by atoms with Gasteiger partial charge in [0, 0.05) is 18.5 Å². The van der Waals surface area contributed by atoms with Gasteiger partial charge in [0.1, 0.15) is 19.0 Å². The van der Waals surface area contributed by atoms with Gasteiger partial charge in [-0.05, 0) is 18.1 Å². The normalized spacial score (nSPS) is 15.4. The number of amides is 2. The maximum absolute atomic E-state index is 12.8. The van der Waals surface area contributed by atoms with Crippen molar-refractivity contribution in [3.63, 3.8) is 0 Å². The van der Waals surface area contributed by atoms with Crippen molar-refractivity contribution < 1.29 is 23.6 Å². The Morgan fingerprint density at radius 3 is 2.31 bits per heavy atom. The molecule has 1 aliphatic rings. The predicted molar refractivity (Wildman–Crippen MR) is 116 cm³/mol. The van der Waals surface area contributed by atoms with Gasteiger partial charge in [-0.3, -0.25) is 0 Å². The fraction of sp³-hybridized carbons (Fsp3) is 0.292. The molecule has 1 aromatic heterocycles. The Morgan fingerprint density at radius 2 is 1.66 bits per heavy atom. The molecule has 1 N–H and O–H groups in total. The second-order valence-corrected chi connectivity index (χ2v) is 7.70. The Labute approximate surface area is 186 Å². The van der Waals surface area contributed by atoms with E-state index in [-0.39, 0.29) is 19.8 Å². The van der Waals surface area contributed by atoms with Crippen LogP contribution in [0.5, 0.6) is 0 Å². The molecule has 8 heteroatoms. The summed E-state index contributed by atoms with van der Waals surface area (Å²) in [4.78, 5) is 26.8. The van der Waals surface area contributed by atoms with Crippen molar-refractivity contribution in [1.82, 2.24) is 15.4 Å². The molecule has 0 aliphatic carbocycles. The fourth-order valence-electron chi connectivity index (χ4n) is 3.59. The lowest BCUT2D eigenvalue weighted by molar-refractivity contribution is 0.0888. The maximum Gasteiger partial charge on any atom is 0.410 e. The highest BCUT2D eigenvalue weighted by Gasteiger charge is 2.31. The Bertz CT molecular complexity index is 1050. The standard InChI is InChI=1S/C24H25N3O5/c1-17-21-14-27(24(29)31-16-19-10-6-3-7-11-19)13-20(12-22(21)32-26-17)25-23(28)30-15-18-8-4-2-5-9-18/h2-11,20H,12-16H2,1H3,(H,25,28)/t20-/m0/s1. The minimum atomic E-state index is -0.559. The third-order valence-electron chi connectivity index (χ3n) is 5.29. The van der Waals surface area contributed by atoms with E-state index in [0.717, 1.165) is 16.7 Å². The van der Waals surface area contributed by atoms with Gasteiger partial charge in [0.05, 0.1) is 18.3 Å². The van der Waals surface area contributed by atoms with Crippen molar-refractivity contribution in [1.29, 1.82) is 0 Å². The zero-order valence-corrected chi connectivity index (χ0v) is 17.8. The summed E-state index contributed by atoms with van der Waals surface area (Å²) in [6.45, 7) is 2.72. The van der Waals surface area contributed by atoms with Crippen LogP contribution in [0.3, 0.4) is 0 Å². The number of nitrogens with one attached hydrogen (secondary N) is 1. The van der Waals surface area contributed by atoms with E-state index in [9.17, 15) is 9.59 Å². The molecule has 1 atom stereocenters. The zero-order chi connectivity index (χ0) is 22.3. The van der Waals surface area contributed by atoms with Crippen molar-refractivity contribution >= 4 is 12.2 Å². The molecule has 0 unspecified atom stereocenters. The Morgan fingerprint density at radius 1 is 1.03 bits per heavy atom. The van der Waals surface area contributed by atoms with Crippen molar-refractivity contribution in [2.75, 3.05) is 6.54 Å². The number of fused-ring (bicyclic) bond motifs is 1. The number of aryl methyl sites for hydroxylation is 1. The topological polar surface area (TPSA) is 93.9 Å². The molecule has 1 aliphatic heterocycles. The molecule has 8 nitrogen and oxygen atoms in total. The van der Waals surface area contributed by atoms with E-state index in [1.807, 2.05) is 67.6 Å². The van der Waals surface area contributed by atoms with Gasteiger partial charge in [-0.25, -0.2) is 9.59 Å². The van der Waals surface area contributed by atoms with Crippen molar-refractivity contribution in [2.45, 2.75) is 39.1 Å². The molecular weight excluding hydrogens is 410 g/mol. The van der Waals surface area contributed by atoms with Gasteiger partial charge < -0.3 is 24.2 Å². The smallest absolute Gasteiger partial charge is 0.410 e. The monoisotopic (exact) mass is 435 g/mol. The third-order valence-corrected chi connectivity index (χ3v) is 5.29. The molecule has 0 saturated carbocycles. The first-order valence-corrected chi connectivity index (χ1v) is 10.5. The molecule has 0 bridgehead atoms. The molecule has 166 valence electrons. The number of carbonyl (C=O) groups excluding carboxylic acids is 2. The average Bonchev–Trinajstić information content (AvgIpc) is 3.04. The summed E-state index contributed by atoms with van der Waals surface area (Å²) < 4.78 is 16.3. The van der Waals surface area contributed by atoms with Crippen LogP contribution in [-0.4, -0.2) is 34.8 Å². The van der Waals surface area contributed by atoms with Gasteiger partial charge in [-0.2, -0.15) is 0 Å². The molecule has 32 heavy (non-hydrogen) atoms. The number of ether oxygens (including phenoxy) is 2.